The van der Waals surface area contributed by atoms with Crippen molar-refractivity contribution >= 4 is 5.91 Å². The van der Waals surface area contributed by atoms with Crippen molar-refractivity contribution in [3.05, 3.63) is 83.7 Å². The van der Waals surface area contributed by atoms with Gasteiger partial charge in [0.25, 0.3) is 5.91 Å². The minimum Gasteiger partial charge on any atom is -0.494 e. The molecule has 144 valence electrons. The smallest absolute Gasteiger partial charge is 0.254 e. The Bertz CT molecular complexity index is 902. The van der Waals surface area contributed by atoms with Crippen LogP contribution >= 0.6 is 0 Å². The van der Waals surface area contributed by atoms with Gasteiger partial charge in [0.15, 0.2) is 0 Å². The third kappa shape index (κ3) is 3.93. The maximum absolute atomic E-state index is 13.1. The van der Waals surface area contributed by atoms with Crippen LogP contribution in [0.25, 0.3) is 0 Å². The van der Waals surface area contributed by atoms with E-state index in [-0.39, 0.29) is 11.9 Å². The maximum Gasteiger partial charge on any atom is 0.254 e. The number of hydrogen-bond donors (Lipinski definition) is 0. The fourth-order valence-electron chi connectivity index (χ4n) is 3.81. The highest BCUT2D eigenvalue weighted by Crippen LogP contribution is 2.34. The van der Waals surface area contributed by atoms with Crippen LogP contribution in [0.3, 0.4) is 0 Å². The Morgan fingerprint density at radius 1 is 1.14 bits per heavy atom. The van der Waals surface area contributed by atoms with Crippen molar-refractivity contribution in [2.75, 3.05) is 13.2 Å². The normalized spacial score (nSPS) is 16.3. The predicted octanol–water partition coefficient (Wildman–Crippen LogP) is 4.31. The molecule has 0 bridgehead atoms. The standard InChI is InChI=1S/C23H25N3O2/c1-2-28-21-12-10-19(11-13-21)22-5-3-16-26(22)23(27)20-8-6-18(7-9-20)17-25-15-4-14-24-25/h4,6-15,22H,2-3,5,16-17H2,1H3. The molecule has 0 aliphatic carbocycles. The van der Waals surface area contributed by atoms with Gasteiger partial charge in [0.1, 0.15) is 5.75 Å². The summed E-state index contributed by atoms with van der Waals surface area (Å²) in [6, 6.07) is 18.0. The number of likely N-dealkylation sites (tertiary alicyclic amines) is 1. The second-order valence-corrected chi connectivity index (χ2v) is 7.06. The zero-order valence-corrected chi connectivity index (χ0v) is 16.1. The second kappa shape index (κ2) is 8.30. The van der Waals surface area contributed by atoms with Gasteiger partial charge >= 0.3 is 0 Å². The molecule has 1 aliphatic rings. The molecule has 4 rings (SSSR count). The van der Waals surface area contributed by atoms with Crippen LogP contribution in [0.5, 0.6) is 5.75 Å². The van der Waals surface area contributed by atoms with Crippen LogP contribution in [0.4, 0.5) is 0 Å². The van der Waals surface area contributed by atoms with E-state index in [0.717, 1.165) is 36.3 Å². The molecule has 1 amide bonds. The van der Waals surface area contributed by atoms with Gasteiger partial charge in [-0.25, -0.2) is 0 Å². The average molecular weight is 375 g/mol. The van der Waals surface area contributed by atoms with Crippen molar-refractivity contribution in [3.63, 3.8) is 0 Å². The molecule has 1 unspecified atom stereocenters. The van der Waals surface area contributed by atoms with Crippen molar-refractivity contribution in [2.24, 2.45) is 0 Å². The molecular weight excluding hydrogens is 350 g/mol. The van der Waals surface area contributed by atoms with Crippen LogP contribution in [0.15, 0.2) is 67.0 Å². The minimum absolute atomic E-state index is 0.0991. The van der Waals surface area contributed by atoms with Crippen molar-refractivity contribution in [1.82, 2.24) is 14.7 Å². The highest BCUT2D eigenvalue weighted by Gasteiger charge is 2.30. The number of carbonyl (C=O) groups is 1. The van der Waals surface area contributed by atoms with E-state index in [1.807, 2.05) is 65.2 Å². The zero-order valence-electron chi connectivity index (χ0n) is 16.1. The van der Waals surface area contributed by atoms with Gasteiger partial charge in [-0.15, -0.1) is 0 Å². The van der Waals surface area contributed by atoms with Crippen LogP contribution < -0.4 is 4.74 Å². The Morgan fingerprint density at radius 2 is 1.93 bits per heavy atom. The quantitative estimate of drug-likeness (QED) is 0.645. The second-order valence-electron chi connectivity index (χ2n) is 7.06. The largest absolute Gasteiger partial charge is 0.494 e. The number of aromatic nitrogens is 2. The first-order valence-corrected chi connectivity index (χ1v) is 9.84. The number of rotatable bonds is 6. The number of amides is 1. The van der Waals surface area contributed by atoms with Crippen molar-refractivity contribution in [1.29, 1.82) is 0 Å². The Balaban J connectivity index is 1.47. The van der Waals surface area contributed by atoms with Crippen LogP contribution in [-0.4, -0.2) is 33.7 Å². The van der Waals surface area contributed by atoms with E-state index in [9.17, 15) is 4.79 Å². The minimum atomic E-state index is 0.0991. The third-order valence-corrected chi connectivity index (χ3v) is 5.19. The average Bonchev–Trinajstić information content (AvgIpc) is 3.41. The molecule has 2 heterocycles. The summed E-state index contributed by atoms with van der Waals surface area (Å²) in [6.07, 6.45) is 5.73. The molecule has 1 saturated heterocycles. The summed E-state index contributed by atoms with van der Waals surface area (Å²) in [7, 11) is 0. The topological polar surface area (TPSA) is 47.4 Å². The summed E-state index contributed by atoms with van der Waals surface area (Å²) in [5.74, 6) is 0.969. The fourth-order valence-corrected chi connectivity index (χ4v) is 3.81. The predicted molar refractivity (Wildman–Crippen MR) is 108 cm³/mol. The van der Waals surface area contributed by atoms with Crippen molar-refractivity contribution < 1.29 is 9.53 Å². The van der Waals surface area contributed by atoms with E-state index in [4.69, 9.17) is 4.74 Å². The molecule has 1 fully saturated rings. The van der Waals surface area contributed by atoms with Crippen molar-refractivity contribution in [3.8, 4) is 5.75 Å². The molecule has 3 aromatic rings. The Labute approximate surface area is 165 Å². The molecule has 0 saturated carbocycles. The van der Waals surface area contributed by atoms with E-state index in [0.29, 0.717) is 13.2 Å². The molecule has 0 N–H and O–H groups in total. The van der Waals surface area contributed by atoms with Gasteiger partial charge in [-0.2, -0.15) is 5.10 Å². The Morgan fingerprint density at radius 3 is 2.61 bits per heavy atom. The Hall–Kier alpha value is -3.08. The van der Waals surface area contributed by atoms with Crippen LogP contribution in [-0.2, 0) is 6.54 Å². The number of nitrogens with zero attached hydrogens (tertiary/aromatic N) is 3. The van der Waals surface area contributed by atoms with E-state index in [2.05, 4.69) is 17.2 Å². The molecule has 0 radical (unpaired) electrons. The van der Waals surface area contributed by atoms with Crippen LogP contribution in [0.2, 0.25) is 0 Å². The van der Waals surface area contributed by atoms with E-state index in [1.165, 1.54) is 5.56 Å². The van der Waals surface area contributed by atoms with Gasteiger partial charge in [0.2, 0.25) is 0 Å². The lowest BCUT2D eigenvalue weighted by atomic mass is 10.0. The SMILES string of the molecule is CCOc1ccc(C2CCCN2C(=O)c2ccc(Cn3cccn3)cc2)cc1. The molecular formula is C23H25N3O2. The number of ether oxygens (including phenoxy) is 1. The van der Waals surface area contributed by atoms with Crippen molar-refractivity contribution in [2.45, 2.75) is 32.4 Å². The fraction of sp³-hybridized carbons (Fsp3) is 0.304. The maximum atomic E-state index is 13.1. The van der Waals surface area contributed by atoms with Gasteiger partial charge in [0, 0.05) is 24.5 Å². The first kappa shape index (κ1) is 18.3. The van der Waals surface area contributed by atoms with E-state index in [1.54, 1.807) is 6.20 Å². The van der Waals surface area contributed by atoms with Gasteiger partial charge in [-0.1, -0.05) is 24.3 Å². The number of benzene rings is 2. The molecule has 28 heavy (non-hydrogen) atoms. The molecule has 1 aromatic heterocycles. The first-order valence-electron chi connectivity index (χ1n) is 9.84. The number of hydrogen-bond acceptors (Lipinski definition) is 3. The lowest BCUT2D eigenvalue weighted by Crippen LogP contribution is -2.30. The van der Waals surface area contributed by atoms with Gasteiger partial charge in [-0.3, -0.25) is 9.48 Å². The third-order valence-electron chi connectivity index (χ3n) is 5.19. The molecule has 0 spiro atoms. The lowest BCUT2D eigenvalue weighted by Gasteiger charge is -2.25. The zero-order chi connectivity index (χ0) is 19.3. The summed E-state index contributed by atoms with van der Waals surface area (Å²) in [4.78, 5) is 15.1. The molecule has 1 aliphatic heterocycles. The monoisotopic (exact) mass is 375 g/mol. The summed E-state index contributed by atoms with van der Waals surface area (Å²) >= 11 is 0. The molecule has 1 atom stereocenters. The van der Waals surface area contributed by atoms with Gasteiger partial charge in [-0.05, 0) is 61.2 Å². The molecule has 5 heteroatoms. The summed E-state index contributed by atoms with van der Waals surface area (Å²) in [5.41, 5.74) is 3.04. The van der Waals surface area contributed by atoms with Gasteiger partial charge in [0.05, 0.1) is 19.2 Å². The highest BCUT2D eigenvalue weighted by molar-refractivity contribution is 5.94. The van der Waals surface area contributed by atoms with E-state index >= 15 is 0 Å². The lowest BCUT2D eigenvalue weighted by molar-refractivity contribution is 0.0735. The van der Waals surface area contributed by atoms with E-state index < -0.39 is 0 Å². The van der Waals surface area contributed by atoms with Gasteiger partial charge < -0.3 is 9.64 Å². The summed E-state index contributed by atoms with van der Waals surface area (Å²) in [5, 5.41) is 4.23. The highest BCUT2D eigenvalue weighted by atomic mass is 16.5. The first-order chi connectivity index (χ1) is 13.7. The Kier molecular flexibility index (Phi) is 5.42. The van der Waals surface area contributed by atoms with Crippen LogP contribution in [0, 0.1) is 0 Å². The molecule has 2 aromatic carbocycles. The molecule has 5 nitrogen and oxygen atoms in total. The van der Waals surface area contributed by atoms with Crippen LogP contribution in [0.1, 0.15) is 47.3 Å². The summed E-state index contributed by atoms with van der Waals surface area (Å²) < 4.78 is 7.40. The number of carbonyl (C=O) groups excluding carboxylic acids is 1. The summed E-state index contributed by atoms with van der Waals surface area (Å²) in [6.45, 7) is 4.14.